The summed E-state index contributed by atoms with van der Waals surface area (Å²) >= 11 is 5.27. The summed E-state index contributed by atoms with van der Waals surface area (Å²) in [6.45, 7) is 9.51. The molecule has 0 aromatic heterocycles. The van der Waals surface area contributed by atoms with Gasteiger partial charge in [-0.2, -0.15) is 0 Å². The maximum atomic E-state index is 5.27. The lowest BCUT2D eigenvalue weighted by Gasteiger charge is -2.22. The number of unbranched alkanes of at least 4 members (excludes halogenated alkanes) is 3. The van der Waals surface area contributed by atoms with Gasteiger partial charge in [-0.05, 0) is 32.5 Å². The molecule has 0 rings (SSSR count). The third kappa shape index (κ3) is 6.19. The molecule has 3 heteroatoms. The smallest absolute Gasteiger partial charge is 0.168 e. The van der Waals surface area contributed by atoms with Gasteiger partial charge in [0.2, 0.25) is 0 Å². The summed E-state index contributed by atoms with van der Waals surface area (Å²) in [6, 6.07) is 0. The zero-order valence-electron chi connectivity index (χ0n) is 9.81. The van der Waals surface area contributed by atoms with E-state index >= 15 is 0 Å². The summed E-state index contributed by atoms with van der Waals surface area (Å²) in [5.41, 5.74) is 0. The average Bonchev–Trinajstić information content (AvgIpc) is 2.19. The van der Waals surface area contributed by atoms with E-state index in [9.17, 15) is 0 Å². The second-order valence-corrected chi connectivity index (χ2v) is 3.85. The fourth-order valence-corrected chi connectivity index (χ4v) is 1.73. The molecule has 0 aliphatic heterocycles. The van der Waals surface area contributed by atoms with Gasteiger partial charge in [0, 0.05) is 19.6 Å². The van der Waals surface area contributed by atoms with E-state index in [0.717, 1.165) is 24.7 Å². The van der Waals surface area contributed by atoms with Crippen LogP contribution in [0, 0.1) is 0 Å². The highest BCUT2D eigenvalue weighted by atomic mass is 32.1. The SMILES string of the molecule is CCCCCCNC(=S)N(CC)CC. The van der Waals surface area contributed by atoms with Crippen LogP contribution in [0.3, 0.4) is 0 Å². The van der Waals surface area contributed by atoms with Crippen LogP contribution >= 0.6 is 12.2 Å². The largest absolute Gasteiger partial charge is 0.363 e. The third-order valence-corrected chi connectivity index (χ3v) is 2.76. The molecule has 2 nitrogen and oxygen atoms in total. The first kappa shape index (κ1) is 13.7. The molecule has 0 radical (unpaired) electrons. The number of nitrogens with zero attached hydrogens (tertiary/aromatic N) is 1. The normalized spacial score (nSPS) is 9.93. The van der Waals surface area contributed by atoms with Crippen LogP contribution in [0.4, 0.5) is 0 Å². The Balaban J connectivity index is 3.43. The van der Waals surface area contributed by atoms with E-state index in [1.54, 1.807) is 0 Å². The molecule has 0 aromatic carbocycles. The predicted molar refractivity (Wildman–Crippen MR) is 67.7 cm³/mol. The summed E-state index contributed by atoms with van der Waals surface area (Å²) in [6.07, 6.45) is 5.17. The van der Waals surface area contributed by atoms with Crippen molar-refractivity contribution in [3.8, 4) is 0 Å². The minimum Gasteiger partial charge on any atom is -0.363 e. The molecule has 0 fully saturated rings. The van der Waals surface area contributed by atoms with Gasteiger partial charge in [-0.3, -0.25) is 0 Å². The van der Waals surface area contributed by atoms with E-state index < -0.39 is 0 Å². The van der Waals surface area contributed by atoms with Crippen LogP contribution in [-0.2, 0) is 0 Å². The highest BCUT2D eigenvalue weighted by Gasteiger charge is 2.02. The van der Waals surface area contributed by atoms with Gasteiger partial charge in [-0.15, -0.1) is 0 Å². The number of hydrogen-bond acceptors (Lipinski definition) is 1. The summed E-state index contributed by atoms with van der Waals surface area (Å²) in [4.78, 5) is 2.18. The molecule has 0 bridgehead atoms. The van der Waals surface area contributed by atoms with Crippen molar-refractivity contribution in [2.24, 2.45) is 0 Å². The van der Waals surface area contributed by atoms with E-state index in [-0.39, 0.29) is 0 Å². The Morgan fingerprint density at radius 1 is 1.07 bits per heavy atom. The summed E-state index contributed by atoms with van der Waals surface area (Å²) in [5, 5.41) is 4.21. The summed E-state index contributed by atoms with van der Waals surface area (Å²) in [5.74, 6) is 0. The molecule has 0 aromatic rings. The standard InChI is InChI=1S/C11H24N2S/c1-4-7-8-9-10-12-11(14)13(5-2)6-3/h4-10H2,1-3H3,(H,12,14). The zero-order valence-corrected chi connectivity index (χ0v) is 10.6. The average molecular weight is 216 g/mol. The molecule has 0 amide bonds. The Hall–Kier alpha value is -0.310. The minimum atomic E-state index is 0.909. The first-order valence-electron chi connectivity index (χ1n) is 5.79. The maximum Gasteiger partial charge on any atom is 0.168 e. The molecule has 0 heterocycles. The first-order valence-corrected chi connectivity index (χ1v) is 6.19. The van der Waals surface area contributed by atoms with Gasteiger partial charge < -0.3 is 10.2 Å². The van der Waals surface area contributed by atoms with Crippen LogP contribution in [0.2, 0.25) is 0 Å². The molecule has 84 valence electrons. The Labute approximate surface area is 94.1 Å². The van der Waals surface area contributed by atoms with Crippen LogP contribution in [0.1, 0.15) is 46.5 Å². The number of rotatable bonds is 7. The van der Waals surface area contributed by atoms with E-state index in [1.165, 1.54) is 25.7 Å². The number of thiocarbonyl (C=S) groups is 1. The van der Waals surface area contributed by atoms with Gasteiger partial charge in [0.15, 0.2) is 5.11 Å². The van der Waals surface area contributed by atoms with E-state index in [0.29, 0.717) is 0 Å². The van der Waals surface area contributed by atoms with E-state index in [2.05, 4.69) is 31.0 Å². The summed E-state index contributed by atoms with van der Waals surface area (Å²) in [7, 11) is 0. The van der Waals surface area contributed by atoms with Crippen molar-refractivity contribution in [1.29, 1.82) is 0 Å². The van der Waals surface area contributed by atoms with E-state index in [4.69, 9.17) is 12.2 Å². The lowest BCUT2D eigenvalue weighted by atomic mass is 10.2. The van der Waals surface area contributed by atoms with Crippen molar-refractivity contribution in [3.05, 3.63) is 0 Å². The third-order valence-electron chi connectivity index (χ3n) is 2.36. The molecule has 0 aliphatic rings. The second kappa shape index (κ2) is 9.25. The first-order chi connectivity index (χ1) is 6.76. The lowest BCUT2D eigenvalue weighted by molar-refractivity contribution is 0.454. The quantitative estimate of drug-likeness (QED) is 0.520. The van der Waals surface area contributed by atoms with Gasteiger partial charge in [0.25, 0.3) is 0 Å². The Morgan fingerprint density at radius 3 is 2.21 bits per heavy atom. The molecule has 0 spiro atoms. The van der Waals surface area contributed by atoms with Crippen LogP contribution < -0.4 is 5.32 Å². The van der Waals surface area contributed by atoms with E-state index in [1.807, 2.05) is 0 Å². The van der Waals surface area contributed by atoms with Gasteiger partial charge >= 0.3 is 0 Å². The van der Waals surface area contributed by atoms with Crippen molar-refractivity contribution in [3.63, 3.8) is 0 Å². The Kier molecular flexibility index (Phi) is 9.05. The highest BCUT2D eigenvalue weighted by molar-refractivity contribution is 7.80. The fourth-order valence-electron chi connectivity index (χ4n) is 1.37. The maximum absolute atomic E-state index is 5.27. The molecule has 0 atom stereocenters. The van der Waals surface area contributed by atoms with Crippen molar-refractivity contribution in [1.82, 2.24) is 10.2 Å². The monoisotopic (exact) mass is 216 g/mol. The molecular formula is C11H24N2S. The van der Waals surface area contributed by atoms with Crippen LogP contribution in [0.15, 0.2) is 0 Å². The van der Waals surface area contributed by atoms with Crippen molar-refractivity contribution < 1.29 is 0 Å². The predicted octanol–water partition coefficient (Wildman–Crippen LogP) is 2.78. The second-order valence-electron chi connectivity index (χ2n) is 3.46. The van der Waals surface area contributed by atoms with Crippen LogP contribution in [-0.4, -0.2) is 29.6 Å². The topological polar surface area (TPSA) is 15.3 Å². The Bertz CT molecular complexity index is 144. The van der Waals surface area contributed by atoms with Gasteiger partial charge in [-0.1, -0.05) is 26.2 Å². The number of nitrogens with one attached hydrogen (secondary N) is 1. The van der Waals surface area contributed by atoms with Crippen molar-refractivity contribution >= 4 is 17.3 Å². The molecule has 0 unspecified atom stereocenters. The van der Waals surface area contributed by atoms with Crippen LogP contribution in [0.5, 0.6) is 0 Å². The minimum absolute atomic E-state index is 0.909. The molecular weight excluding hydrogens is 192 g/mol. The van der Waals surface area contributed by atoms with Gasteiger partial charge in [0.05, 0.1) is 0 Å². The Morgan fingerprint density at radius 2 is 1.71 bits per heavy atom. The van der Waals surface area contributed by atoms with Gasteiger partial charge in [0.1, 0.15) is 0 Å². The molecule has 0 saturated carbocycles. The zero-order chi connectivity index (χ0) is 10.8. The lowest BCUT2D eigenvalue weighted by Crippen LogP contribution is -2.39. The molecule has 14 heavy (non-hydrogen) atoms. The molecule has 1 N–H and O–H groups in total. The van der Waals surface area contributed by atoms with Crippen LogP contribution in [0.25, 0.3) is 0 Å². The number of hydrogen-bond donors (Lipinski definition) is 1. The highest BCUT2D eigenvalue weighted by Crippen LogP contribution is 1.97. The fraction of sp³-hybridized carbons (Fsp3) is 0.909. The molecule has 0 saturated heterocycles. The molecule has 0 aliphatic carbocycles. The van der Waals surface area contributed by atoms with Crippen molar-refractivity contribution in [2.75, 3.05) is 19.6 Å². The van der Waals surface area contributed by atoms with Crippen molar-refractivity contribution in [2.45, 2.75) is 46.5 Å². The van der Waals surface area contributed by atoms with Gasteiger partial charge in [-0.25, -0.2) is 0 Å². The summed E-state index contributed by atoms with van der Waals surface area (Å²) < 4.78 is 0.